The number of aryl methyl sites for hydroxylation is 1. The maximum absolute atomic E-state index is 14.2. The van der Waals surface area contributed by atoms with Crippen LogP contribution in [0.5, 0.6) is 0 Å². The lowest BCUT2D eigenvalue weighted by Gasteiger charge is -2.45. The van der Waals surface area contributed by atoms with Crippen molar-refractivity contribution in [3.05, 3.63) is 138 Å². The Hall–Kier alpha value is -3.37. The van der Waals surface area contributed by atoms with Crippen molar-refractivity contribution in [2.24, 2.45) is 0 Å². The summed E-state index contributed by atoms with van der Waals surface area (Å²) in [4.78, 5) is 0.209. The summed E-state index contributed by atoms with van der Waals surface area (Å²) < 4.78 is 55.7. The van der Waals surface area contributed by atoms with Gasteiger partial charge in [0.25, 0.3) is 0 Å². The molecule has 0 saturated carbocycles. The molecule has 5 atom stereocenters. The fourth-order valence-electron chi connectivity index (χ4n) is 5.60. The molecule has 42 heavy (non-hydrogen) atoms. The highest BCUT2D eigenvalue weighted by atomic mass is 32.2. The minimum Gasteiger partial charge on any atom is -0.369 e. The van der Waals surface area contributed by atoms with Gasteiger partial charge in [0.2, 0.25) is 10.0 Å². The first-order valence-electron chi connectivity index (χ1n) is 14.2. The second-order valence-corrected chi connectivity index (χ2v) is 12.6. The summed E-state index contributed by atoms with van der Waals surface area (Å²) in [7, 11) is -3.94. The van der Waals surface area contributed by atoms with Gasteiger partial charge in [0.1, 0.15) is 18.3 Å². The molecule has 2 bridgehead atoms. The molecule has 2 aliphatic rings. The first-order valence-corrected chi connectivity index (χ1v) is 15.6. The molecule has 0 aromatic heterocycles. The molecule has 0 amide bonds. The summed E-state index contributed by atoms with van der Waals surface area (Å²) in [6, 6.07) is 35.8. The lowest BCUT2D eigenvalue weighted by molar-refractivity contribution is -0.212. The van der Waals surface area contributed by atoms with Crippen LogP contribution < -0.4 is 0 Å². The van der Waals surface area contributed by atoms with Gasteiger partial charge in [-0.3, -0.25) is 0 Å². The van der Waals surface area contributed by atoms with Gasteiger partial charge in [0, 0.05) is 0 Å². The molecule has 218 valence electrons. The largest absolute Gasteiger partial charge is 0.369 e. The molecule has 7 nitrogen and oxygen atoms in total. The summed E-state index contributed by atoms with van der Waals surface area (Å²) in [6.07, 6.45) is -2.84. The van der Waals surface area contributed by atoms with Crippen LogP contribution in [0.1, 0.15) is 22.3 Å². The molecular formula is C34H35NO6S. The molecule has 6 rings (SSSR count). The third-order valence-corrected chi connectivity index (χ3v) is 9.68. The maximum Gasteiger partial charge on any atom is 0.245 e. The van der Waals surface area contributed by atoms with E-state index >= 15 is 0 Å². The van der Waals surface area contributed by atoms with Crippen LogP contribution in [-0.4, -0.2) is 49.9 Å². The third-order valence-electron chi connectivity index (χ3n) is 7.78. The number of piperidine rings is 1. The maximum atomic E-state index is 14.2. The summed E-state index contributed by atoms with van der Waals surface area (Å²) in [5, 5.41) is 0. The molecule has 0 spiro atoms. The van der Waals surface area contributed by atoms with Crippen LogP contribution in [0.2, 0.25) is 0 Å². The molecule has 8 heteroatoms. The molecule has 4 aromatic rings. The van der Waals surface area contributed by atoms with Crippen LogP contribution in [0, 0.1) is 6.92 Å². The number of ether oxygens (including phenoxy) is 4. The molecule has 2 fully saturated rings. The molecular weight excluding hydrogens is 550 g/mol. The SMILES string of the molecule is Cc1ccc(S(=O)(=O)N2[C@@H]3CO[C@H]2[C@@H](OCc2ccccc2)[C@@H](OCc2ccccc2)[C@@H]3OCc2ccccc2)cc1. The minimum atomic E-state index is -3.94. The number of hydrogen-bond donors (Lipinski definition) is 0. The number of hydrogen-bond acceptors (Lipinski definition) is 6. The van der Waals surface area contributed by atoms with Crippen LogP contribution in [0.25, 0.3) is 0 Å². The van der Waals surface area contributed by atoms with Crippen LogP contribution in [-0.2, 0) is 48.8 Å². The van der Waals surface area contributed by atoms with Gasteiger partial charge in [-0.05, 0) is 35.7 Å². The molecule has 2 aliphatic heterocycles. The van der Waals surface area contributed by atoms with Gasteiger partial charge in [0.05, 0.1) is 37.4 Å². The van der Waals surface area contributed by atoms with E-state index in [0.29, 0.717) is 13.2 Å². The predicted molar refractivity (Wildman–Crippen MR) is 159 cm³/mol. The first-order chi connectivity index (χ1) is 20.5. The number of rotatable bonds is 11. The van der Waals surface area contributed by atoms with E-state index in [9.17, 15) is 8.42 Å². The van der Waals surface area contributed by atoms with Crippen molar-refractivity contribution in [1.82, 2.24) is 4.31 Å². The van der Waals surface area contributed by atoms with Gasteiger partial charge >= 0.3 is 0 Å². The Kier molecular flexibility index (Phi) is 8.81. The van der Waals surface area contributed by atoms with E-state index in [-0.39, 0.29) is 18.1 Å². The Morgan fingerprint density at radius 2 is 1.10 bits per heavy atom. The molecule has 2 saturated heterocycles. The summed E-state index contributed by atoms with van der Waals surface area (Å²) in [6.45, 7) is 2.99. The monoisotopic (exact) mass is 585 g/mol. The summed E-state index contributed by atoms with van der Waals surface area (Å²) >= 11 is 0. The van der Waals surface area contributed by atoms with E-state index in [1.54, 1.807) is 24.3 Å². The van der Waals surface area contributed by atoms with Crippen LogP contribution >= 0.6 is 0 Å². The number of benzene rings is 4. The van der Waals surface area contributed by atoms with Gasteiger partial charge in [-0.2, -0.15) is 4.31 Å². The van der Waals surface area contributed by atoms with Crippen LogP contribution in [0.15, 0.2) is 120 Å². The van der Waals surface area contributed by atoms with Crippen molar-refractivity contribution in [2.45, 2.75) is 62.2 Å². The zero-order valence-electron chi connectivity index (χ0n) is 23.5. The van der Waals surface area contributed by atoms with Crippen molar-refractivity contribution in [2.75, 3.05) is 6.61 Å². The van der Waals surface area contributed by atoms with Gasteiger partial charge in [-0.1, -0.05) is 109 Å². The second kappa shape index (κ2) is 12.9. The molecule has 0 N–H and O–H groups in total. The first kappa shape index (κ1) is 28.7. The quantitative estimate of drug-likeness (QED) is 0.232. The van der Waals surface area contributed by atoms with Crippen molar-refractivity contribution in [3.8, 4) is 0 Å². The number of fused-ring (bicyclic) bond motifs is 2. The average molecular weight is 586 g/mol. The minimum absolute atomic E-state index is 0.172. The summed E-state index contributed by atoms with van der Waals surface area (Å²) in [5.41, 5.74) is 3.93. The van der Waals surface area contributed by atoms with Gasteiger partial charge in [-0.15, -0.1) is 0 Å². The molecule has 0 unspecified atom stereocenters. The second-order valence-electron chi connectivity index (χ2n) is 10.7. The average Bonchev–Trinajstić information content (AvgIpc) is 3.41. The van der Waals surface area contributed by atoms with Crippen LogP contribution in [0.4, 0.5) is 0 Å². The standard InChI is InChI=1S/C34H35NO6S/c1-25-17-19-29(20-18-25)42(36,37)35-30-24-41-34(35)33(40-23-28-15-9-4-10-16-28)32(39-22-27-13-7-3-8-14-27)31(30)38-21-26-11-5-2-6-12-26/h2-20,30-34H,21-24H2,1H3/t30-,31-,32+,33+,34+/m1/s1. The van der Waals surface area contributed by atoms with Crippen molar-refractivity contribution in [1.29, 1.82) is 0 Å². The van der Waals surface area contributed by atoms with E-state index in [4.69, 9.17) is 18.9 Å². The highest BCUT2D eigenvalue weighted by Crippen LogP contribution is 2.41. The zero-order valence-corrected chi connectivity index (χ0v) is 24.3. The Bertz CT molecular complexity index is 1470. The van der Waals surface area contributed by atoms with Gasteiger partial charge < -0.3 is 18.9 Å². The highest BCUT2D eigenvalue weighted by Gasteiger charge is 2.60. The van der Waals surface area contributed by atoms with E-state index in [2.05, 4.69) is 0 Å². The lowest BCUT2D eigenvalue weighted by atomic mass is 9.96. The molecule has 4 aromatic carbocycles. The Morgan fingerprint density at radius 3 is 1.60 bits per heavy atom. The van der Waals surface area contributed by atoms with E-state index in [1.165, 1.54) is 4.31 Å². The number of sulfonamides is 1. The topological polar surface area (TPSA) is 74.3 Å². The lowest BCUT2D eigenvalue weighted by Crippen LogP contribution is -2.65. The molecule has 0 aliphatic carbocycles. The molecule has 2 heterocycles. The normalized spacial score (nSPS) is 24.1. The Morgan fingerprint density at radius 1 is 0.643 bits per heavy atom. The fraction of sp³-hybridized carbons (Fsp3) is 0.294. The van der Waals surface area contributed by atoms with Crippen molar-refractivity contribution in [3.63, 3.8) is 0 Å². The van der Waals surface area contributed by atoms with Gasteiger partial charge in [-0.25, -0.2) is 8.42 Å². The smallest absolute Gasteiger partial charge is 0.245 e. The van der Waals surface area contributed by atoms with Crippen LogP contribution in [0.3, 0.4) is 0 Å². The van der Waals surface area contributed by atoms with E-state index < -0.39 is 40.6 Å². The van der Waals surface area contributed by atoms with Gasteiger partial charge in [0.15, 0.2) is 6.23 Å². The van der Waals surface area contributed by atoms with Crippen molar-refractivity contribution >= 4 is 10.0 Å². The third kappa shape index (κ3) is 6.20. The van der Waals surface area contributed by atoms with E-state index in [1.807, 2.05) is 97.9 Å². The highest BCUT2D eigenvalue weighted by molar-refractivity contribution is 7.89. The Balaban J connectivity index is 1.36. The Labute approximate surface area is 247 Å². The van der Waals surface area contributed by atoms with E-state index in [0.717, 1.165) is 22.3 Å². The van der Waals surface area contributed by atoms with Crippen molar-refractivity contribution < 1.29 is 27.4 Å². The zero-order chi connectivity index (χ0) is 28.9. The molecule has 0 radical (unpaired) electrons. The fourth-order valence-corrected chi connectivity index (χ4v) is 7.32. The number of nitrogens with zero attached hydrogens (tertiary/aromatic N) is 1. The summed E-state index contributed by atoms with van der Waals surface area (Å²) in [5.74, 6) is 0. The predicted octanol–water partition coefficient (Wildman–Crippen LogP) is 5.48.